The van der Waals surface area contributed by atoms with E-state index < -0.39 is 17.7 Å². The van der Waals surface area contributed by atoms with Crippen LogP contribution in [0.3, 0.4) is 0 Å². The van der Waals surface area contributed by atoms with Crippen LogP contribution in [-0.4, -0.2) is 11.2 Å². The lowest BCUT2D eigenvalue weighted by Crippen LogP contribution is -2.15. The Kier molecular flexibility index (Phi) is 4.11. The van der Waals surface area contributed by atoms with Crippen LogP contribution in [0.1, 0.15) is 37.7 Å². The molecule has 0 aliphatic heterocycles. The lowest BCUT2D eigenvalue weighted by molar-refractivity contribution is 0.143. The van der Waals surface area contributed by atoms with E-state index in [-0.39, 0.29) is 0 Å². The van der Waals surface area contributed by atoms with E-state index in [1.54, 1.807) is 0 Å². The van der Waals surface area contributed by atoms with E-state index in [0.29, 0.717) is 17.9 Å². The minimum atomic E-state index is -0.837. The summed E-state index contributed by atoms with van der Waals surface area (Å²) in [5.74, 6) is -1.06. The molecule has 1 aliphatic carbocycles. The summed E-state index contributed by atoms with van der Waals surface area (Å²) in [6, 6.07) is 3.83. The molecule has 1 saturated carbocycles. The molecule has 1 fully saturated rings. The molecule has 1 aliphatic rings. The Labute approximate surface area is 100 Å². The fourth-order valence-electron chi connectivity index (χ4n) is 2.65. The second-order valence-electron chi connectivity index (χ2n) is 4.99. The molecule has 0 amide bonds. The third-order valence-corrected chi connectivity index (χ3v) is 3.54. The molecule has 1 N–H and O–H groups in total. The molecule has 1 atom stereocenters. The highest BCUT2D eigenvalue weighted by Crippen LogP contribution is 2.29. The first-order chi connectivity index (χ1) is 8.15. The van der Waals surface area contributed by atoms with Crippen LogP contribution < -0.4 is 0 Å². The molecule has 1 aromatic carbocycles. The number of hydrogen-bond donors (Lipinski definition) is 1. The van der Waals surface area contributed by atoms with E-state index in [9.17, 15) is 13.9 Å². The van der Waals surface area contributed by atoms with Crippen LogP contribution in [0.2, 0.25) is 0 Å². The van der Waals surface area contributed by atoms with Crippen molar-refractivity contribution in [2.24, 2.45) is 5.92 Å². The van der Waals surface area contributed by atoms with Gasteiger partial charge < -0.3 is 5.11 Å². The van der Waals surface area contributed by atoms with Crippen LogP contribution in [0.25, 0.3) is 0 Å². The van der Waals surface area contributed by atoms with Crippen LogP contribution >= 0.6 is 0 Å². The van der Waals surface area contributed by atoms with Crippen molar-refractivity contribution in [3.63, 3.8) is 0 Å². The van der Waals surface area contributed by atoms with Crippen LogP contribution in [-0.2, 0) is 6.42 Å². The number of rotatable bonds is 4. The van der Waals surface area contributed by atoms with Gasteiger partial charge in [0.1, 0.15) is 0 Å². The van der Waals surface area contributed by atoms with Crippen molar-refractivity contribution in [3.8, 4) is 0 Å². The van der Waals surface area contributed by atoms with Gasteiger partial charge in [-0.1, -0.05) is 31.7 Å². The number of hydrogen-bond acceptors (Lipinski definition) is 1. The number of aliphatic hydroxyl groups is 1. The standard InChI is InChI=1S/C14H18F2O/c15-13-6-5-11(9-14(13)16)8-12(17)7-10-3-1-2-4-10/h5-6,9-10,12,17H,1-4,7-8H2. The van der Waals surface area contributed by atoms with Gasteiger partial charge in [-0.2, -0.15) is 0 Å². The van der Waals surface area contributed by atoms with Crippen molar-refractivity contribution in [2.75, 3.05) is 0 Å². The molecule has 0 bridgehead atoms. The van der Waals surface area contributed by atoms with Gasteiger partial charge >= 0.3 is 0 Å². The molecule has 1 aromatic rings. The molecule has 0 saturated heterocycles. The number of halogens is 2. The summed E-state index contributed by atoms with van der Waals surface area (Å²) in [7, 11) is 0. The largest absolute Gasteiger partial charge is 0.393 e. The third-order valence-electron chi connectivity index (χ3n) is 3.54. The predicted molar refractivity (Wildman–Crippen MR) is 62.6 cm³/mol. The molecule has 0 aromatic heterocycles. The molecule has 0 radical (unpaired) electrons. The maximum absolute atomic E-state index is 13.0. The smallest absolute Gasteiger partial charge is 0.159 e. The van der Waals surface area contributed by atoms with Gasteiger partial charge in [0.15, 0.2) is 11.6 Å². The quantitative estimate of drug-likeness (QED) is 0.854. The van der Waals surface area contributed by atoms with Crippen LogP contribution in [0.15, 0.2) is 18.2 Å². The van der Waals surface area contributed by atoms with Gasteiger partial charge in [0.2, 0.25) is 0 Å². The molecular weight excluding hydrogens is 222 g/mol. The van der Waals surface area contributed by atoms with Gasteiger partial charge in [0.25, 0.3) is 0 Å². The zero-order chi connectivity index (χ0) is 12.3. The van der Waals surface area contributed by atoms with Crippen molar-refractivity contribution >= 4 is 0 Å². The molecule has 1 nitrogen and oxygen atoms in total. The summed E-state index contributed by atoms with van der Waals surface area (Å²) in [6.45, 7) is 0. The zero-order valence-corrected chi connectivity index (χ0v) is 9.83. The van der Waals surface area contributed by atoms with Gasteiger partial charge in [0, 0.05) is 0 Å². The van der Waals surface area contributed by atoms with Crippen molar-refractivity contribution in [3.05, 3.63) is 35.4 Å². The van der Waals surface area contributed by atoms with Crippen molar-refractivity contribution in [1.29, 1.82) is 0 Å². The van der Waals surface area contributed by atoms with Crippen LogP contribution in [0.5, 0.6) is 0 Å². The first-order valence-corrected chi connectivity index (χ1v) is 6.27. The average Bonchev–Trinajstić information content (AvgIpc) is 2.76. The molecule has 17 heavy (non-hydrogen) atoms. The van der Waals surface area contributed by atoms with Gasteiger partial charge in [-0.05, 0) is 36.5 Å². The maximum Gasteiger partial charge on any atom is 0.159 e. The van der Waals surface area contributed by atoms with Crippen LogP contribution in [0.4, 0.5) is 8.78 Å². The number of aliphatic hydroxyl groups excluding tert-OH is 1. The minimum absolute atomic E-state index is 0.410. The van der Waals surface area contributed by atoms with Gasteiger partial charge in [-0.15, -0.1) is 0 Å². The first kappa shape index (κ1) is 12.5. The Morgan fingerprint density at radius 1 is 1.18 bits per heavy atom. The third kappa shape index (κ3) is 3.50. The highest BCUT2D eigenvalue weighted by Gasteiger charge is 2.19. The minimum Gasteiger partial charge on any atom is -0.393 e. The highest BCUT2D eigenvalue weighted by atomic mass is 19.2. The Balaban J connectivity index is 1.88. The summed E-state index contributed by atoms with van der Waals surface area (Å²) in [5.41, 5.74) is 0.661. The molecule has 1 unspecified atom stereocenters. The SMILES string of the molecule is OC(Cc1ccc(F)c(F)c1)CC1CCCC1. The molecular formula is C14H18F2O. The molecule has 3 heteroatoms. The van der Waals surface area contributed by atoms with Crippen LogP contribution in [0, 0.1) is 17.6 Å². The second-order valence-corrected chi connectivity index (χ2v) is 4.99. The Hall–Kier alpha value is -0.960. The Morgan fingerprint density at radius 2 is 1.88 bits per heavy atom. The molecule has 0 heterocycles. The number of benzene rings is 1. The summed E-state index contributed by atoms with van der Waals surface area (Å²) in [5, 5.41) is 9.91. The highest BCUT2D eigenvalue weighted by molar-refractivity contribution is 5.18. The maximum atomic E-state index is 13.0. The molecule has 94 valence electrons. The fraction of sp³-hybridized carbons (Fsp3) is 0.571. The monoisotopic (exact) mass is 240 g/mol. The summed E-state index contributed by atoms with van der Waals surface area (Å²) < 4.78 is 25.7. The van der Waals surface area contributed by atoms with Crippen molar-refractivity contribution in [2.45, 2.75) is 44.6 Å². The second kappa shape index (κ2) is 5.58. The lowest BCUT2D eigenvalue weighted by Gasteiger charge is -2.15. The van der Waals surface area contributed by atoms with E-state index in [0.717, 1.165) is 12.5 Å². The average molecular weight is 240 g/mol. The van der Waals surface area contributed by atoms with Crippen molar-refractivity contribution < 1.29 is 13.9 Å². The van der Waals surface area contributed by atoms with E-state index in [2.05, 4.69) is 0 Å². The molecule has 0 spiro atoms. The zero-order valence-electron chi connectivity index (χ0n) is 9.83. The first-order valence-electron chi connectivity index (χ1n) is 6.27. The van der Waals surface area contributed by atoms with E-state index in [1.807, 2.05) is 0 Å². The van der Waals surface area contributed by atoms with Gasteiger partial charge in [-0.25, -0.2) is 8.78 Å². The fourth-order valence-corrected chi connectivity index (χ4v) is 2.65. The lowest BCUT2D eigenvalue weighted by atomic mass is 9.96. The van der Waals surface area contributed by atoms with Gasteiger partial charge in [-0.3, -0.25) is 0 Å². The normalized spacial score (nSPS) is 18.5. The Morgan fingerprint density at radius 3 is 2.53 bits per heavy atom. The van der Waals surface area contributed by atoms with E-state index in [4.69, 9.17) is 0 Å². The van der Waals surface area contributed by atoms with E-state index >= 15 is 0 Å². The van der Waals surface area contributed by atoms with Crippen molar-refractivity contribution in [1.82, 2.24) is 0 Å². The summed E-state index contributed by atoms with van der Waals surface area (Å²) in [4.78, 5) is 0. The predicted octanol–water partition coefficient (Wildman–Crippen LogP) is 3.45. The topological polar surface area (TPSA) is 20.2 Å². The summed E-state index contributed by atoms with van der Waals surface area (Å²) in [6.07, 6.45) is 5.63. The molecule has 2 rings (SSSR count). The summed E-state index contributed by atoms with van der Waals surface area (Å²) >= 11 is 0. The Bertz CT molecular complexity index is 372. The van der Waals surface area contributed by atoms with E-state index in [1.165, 1.54) is 37.8 Å². The van der Waals surface area contributed by atoms with Gasteiger partial charge in [0.05, 0.1) is 6.10 Å².